The maximum absolute atomic E-state index is 11.5. The van der Waals surface area contributed by atoms with E-state index in [0.717, 1.165) is 11.5 Å². The molecule has 3 nitrogen and oxygen atoms in total. The van der Waals surface area contributed by atoms with Crippen LogP contribution in [0.4, 0.5) is 0 Å². The fraction of sp³-hybridized carbons (Fsp3) is 0. The van der Waals surface area contributed by atoms with Gasteiger partial charge in [-0.05, 0) is 48.6 Å². The van der Waals surface area contributed by atoms with Crippen LogP contribution < -0.4 is 0 Å². The zero-order valence-electron chi connectivity index (χ0n) is 10.8. The average Bonchev–Trinajstić information content (AvgIpc) is 3.13. The van der Waals surface area contributed by atoms with Crippen LogP contribution in [0.2, 0.25) is 0 Å². The average molecular weight is 266 g/mol. The number of hydrogen-bond donors (Lipinski definition) is 0. The van der Waals surface area contributed by atoms with E-state index in [1.54, 1.807) is 49.0 Å². The summed E-state index contributed by atoms with van der Waals surface area (Å²) in [7, 11) is 0. The molecule has 0 aliphatic heterocycles. The lowest BCUT2D eigenvalue weighted by Crippen LogP contribution is -1.82. The molecule has 0 amide bonds. The molecule has 0 aliphatic rings. The summed E-state index contributed by atoms with van der Waals surface area (Å²) >= 11 is 0. The van der Waals surface area contributed by atoms with Gasteiger partial charge in [-0.15, -0.1) is 0 Å². The third kappa shape index (κ3) is 4.82. The van der Waals surface area contributed by atoms with Crippen LogP contribution in [0, 0.1) is 0 Å². The van der Waals surface area contributed by atoms with Gasteiger partial charge >= 0.3 is 0 Å². The number of carbonyl (C=O) groups is 1. The zero-order valence-corrected chi connectivity index (χ0v) is 10.8. The lowest BCUT2D eigenvalue weighted by Gasteiger charge is -1.82. The van der Waals surface area contributed by atoms with E-state index >= 15 is 0 Å². The molecule has 0 saturated carbocycles. The van der Waals surface area contributed by atoms with Gasteiger partial charge in [-0.1, -0.05) is 24.3 Å². The Morgan fingerprint density at radius 1 is 0.800 bits per heavy atom. The van der Waals surface area contributed by atoms with Crippen LogP contribution in [0.1, 0.15) is 11.5 Å². The molecule has 2 rings (SSSR count). The second kappa shape index (κ2) is 7.59. The predicted molar refractivity (Wildman–Crippen MR) is 78.8 cm³/mol. The molecule has 2 heterocycles. The smallest absolute Gasteiger partial charge is 0.178 e. The molecule has 0 spiro atoms. The third-order valence-electron chi connectivity index (χ3n) is 2.35. The summed E-state index contributed by atoms with van der Waals surface area (Å²) in [6.07, 6.45) is 16.6. The summed E-state index contributed by atoms with van der Waals surface area (Å²) in [5.74, 6) is 1.41. The van der Waals surface area contributed by atoms with Crippen LogP contribution in [0.5, 0.6) is 0 Å². The summed E-state index contributed by atoms with van der Waals surface area (Å²) in [5.41, 5.74) is 0. The second-order valence-electron chi connectivity index (χ2n) is 3.87. The van der Waals surface area contributed by atoms with Gasteiger partial charge in [0.25, 0.3) is 0 Å². The fourth-order valence-electron chi connectivity index (χ4n) is 1.43. The molecule has 0 aromatic carbocycles. The summed E-state index contributed by atoms with van der Waals surface area (Å²) in [6, 6.07) is 7.29. The van der Waals surface area contributed by atoms with Crippen molar-refractivity contribution >= 4 is 17.9 Å². The van der Waals surface area contributed by atoms with Gasteiger partial charge in [-0.25, -0.2) is 0 Å². The van der Waals surface area contributed by atoms with Gasteiger partial charge < -0.3 is 8.83 Å². The molecule has 0 unspecified atom stereocenters. The van der Waals surface area contributed by atoms with Crippen LogP contribution in [0.25, 0.3) is 12.2 Å². The van der Waals surface area contributed by atoms with Gasteiger partial charge in [-0.2, -0.15) is 0 Å². The third-order valence-corrected chi connectivity index (χ3v) is 2.35. The minimum absolute atomic E-state index is 0.0850. The highest BCUT2D eigenvalue weighted by Gasteiger charge is 1.87. The highest BCUT2D eigenvalue weighted by Crippen LogP contribution is 2.03. The second-order valence-corrected chi connectivity index (χ2v) is 3.87. The molecular formula is C17H14O3. The van der Waals surface area contributed by atoms with Crippen molar-refractivity contribution < 1.29 is 13.6 Å². The molecule has 0 bridgehead atoms. The van der Waals surface area contributed by atoms with Crippen molar-refractivity contribution in [1.29, 1.82) is 0 Å². The molecular weight excluding hydrogens is 252 g/mol. The highest BCUT2D eigenvalue weighted by atomic mass is 16.3. The topological polar surface area (TPSA) is 43.4 Å². The minimum atomic E-state index is -0.0850. The van der Waals surface area contributed by atoms with Gasteiger partial charge in [0.2, 0.25) is 0 Å². The van der Waals surface area contributed by atoms with Crippen molar-refractivity contribution in [3.63, 3.8) is 0 Å². The fourth-order valence-corrected chi connectivity index (χ4v) is 1.43. The van der Waals surface area contributed by atoms with E-state index in [1.807, 2.05) is 24.3 Å². The molecule has 0 radical (unpaired) electrons. The van der Waals surface area contributed by atoms with Gasteiger partial charge in [0.1, 0.15) is 11.5 Å². The van der Waals surface area contributed by atoms with Gasteiger partial charge in [0.05, 0.1) is 12.5 Å². The van der Waals surface area contributed by atoms with Gasteiger partial charge in [0.15, 0.2) is 5.78 Å². The summed E-state index contributed by atoms with van der Waals surface area (Å²) in [6.45, 7) is 0. The number of allylic oxidation sites excluding steroid dienone is 6. The minimum Gasteiger partial charge on any atom is -0.465 e. The van der Waals surface area contributed by atoms with E-state index in [9.17, 15) is 4.79 Å². The van der Waals surface area contributed by atoms with Crippen LogP contribution in [0.15, 0.2) is 82.1 Å². The normalized spacial score (nSPS) is 12.4. The first-order valence-corrected chi connectivity index (χ1v) is 6.15. The molecule has 0 saturated heterocycles. The number of furan rings is 2. The molecule has 100 valence electrons. The maximum Gasteiger partial charge on any atom is 0.178 e. The molecule has 2 aromatic heterocycles. The first kappa shape index (κ1) is 13.6. The van der Waals surface area contributed by atoms with E-state index < -0.39 is 0 Å². The van der Waals surface area contributed by atoms with E-state index in [1.165, 1.54) is 12.2 Å². The molecule has 0 N–H and O–H groups in total. The Hall–Kier alpha value is -2.81. The van der Waals surface area contributed by atoms with Gasteiger partial charge in [0, 0.05) is 0 Å². The highest BCUT2D eigenvalue weighted by molar-refractivity contribution is 5.99. The van der Waals surface area contributed by atoms with Crippen molar-refractivity contribution in [3.05, 3.63) is 84.8 Å². The summed E-state index contributed by atoms with van der Waals surface area (Å²) in [5, 5.41) is 0. The monoisotopic (exact) mass is 266 g/mol. The zero-order chi connectivity index (χ0) is 14.0. The Labute approximate surface area is 117 Å². The lowest BCUT2D eigenvalue weighted by molar-refractivity contribution is -0.110. The van der Waals surface area contributed by atoms with Gasteiger partial charge in [-0.3, -0.25) is 4.79 Å². The Balaban J connectivity index is 1.77. The van der Waals surface area contributed by atoms with Crippen LogP contribution in [0.3, 0.4) is 0 Å². The van der Waals surface area contributed by atoms with E-state index in [-0.39, 0.29) is 5.78 Å². The molecule has 20 heavy (non-hydrogen) atoms. The van der Waals surface area contributed by atoms with Crippen LogP contribution in [-0.2, 0) is 4.79 Å². The van der Waals surface area contributed by atoms with Crippen molar-refractivity contribution in [1.82, 2.24) is 0 Å². The lowest BCUT2D eigenvalue weighted by atomic mass is 10.3. The Morgan fingerprint density at radius 2 is 1.30 bits per heavy atom. The van der Waals surface area contributed by atoms with E-state index in [4.69, 9.17) is 8.83 Å². The van der Waals surface area contributed by atoms with Crippen LogP contribution >= 0.6 is 0 Å². The summed E-state index contributed by atoms with van der Waals surface area (Å²) in [4.78, 5) is 11.5. The molecule has 0 aliphatic carbocycles. The summed E-state index contributed by atoms with van der Waals surface area (Å²) < 4.78 is 10.2. The maximum atomic E-state index is 11.5. The van der Waals surface area contributed by atoms with Crippen molar-refractivity contribution in [2.75, 3.05) is 0 Å². The largest absolute Gasteiger partial charge is 0.465 e. The number of ketones is 1. The first-order chi connectivity index (χ1) is 9.84. The Bertz CT molecular complexity index is 568. The number of carbonyl (C=O) groups excluding carboxylic acids is 1. The van der Waals surface area contributed by atoms with Crippen LogP contribution in [-0.4, -0.2) is 5.78 Å². The SMILES string of the molecule is O=C(/C=C/C=C\c1ccco1)/C=C/C=C/c1ccco1. The Kier molecular flexibility index (Phi) is 5.17. The molecule has 3 heteroatoms. The standard InChI is InChI=1S/C17H14O3/c18-15(7-1-3-9-16-11-5-13-19-16)8-2-4-10-17-12-6-14-20-17/h1-14H/b7-1+,8-2+,9-3-,10-4+. The quantitative estimate of drug-likeness (QED) is 0.579. The number of hydrogen-bond acceptors (Lipinski definition) is 3. The number of rotatable bonds is 6. The molecule has 2 aromatic rings. The van der Waals surface area contributed by atoms with Crippen molar-refractivity contribution in [3.8, 4) is 0 Å². The first-order valence-electron chi connectivity index (χ1n) is 6.15. The van der Waals surface area contributed by atoms with Crippen molar-refractivity contribution in [2.24, 2.45) is 0 Å². The van der Waals surface area contributed by atoms with E-state index in [2.05, 4.69) is 0 Å². The molecule has 0 fully saturated rings. The predicted octanol–water partition coefficient (Wildman–Crippen LogP) is 4.28. The molecule has 0 atom stereocenters. The van der Waals surface area contributed by atoms with E-state index in [0.29, 0.717) is 0 Å². The van der Waals surface area contributed by atoms with Crippen molar-refractivity contribution in [2.45, 2.75) is 0 Å². The Morgan fingerprint density at radius 3 is 1.70 bits per heavy atom.